The van der Waals surface area contributed by atoms with Gasteiger partial charge in [0.2, 0.25) is 5.91 Å². The fourth-order valence-electron chi connectivity index (χ4n) is 2.72. The lowest BCUT2D eigenvalue weighted by molar-refractivity contribution is -0.129. The summed E-state index contributed by atoms with van der Waals surface area (Å²) in [5.74, 6) is 0.0440. The van der Waals surface area contributed by atoms with Gasteiger partial charge in [-0.25, -0.2) is 4.85 Å². The van der Waals surface area contributed by atoms with Crippen molar-refractivity contribution in [2.24, 2.45) is 0 Å². The average molecular weight is 300 g/mol. The molecule has 0 saturated heterocycles. The predicted octanol–water partition coefficient (Wildman–Crippen LogP) is 3.65. The van der Waals surface area contributed by atoms with Gasteiger partial charge in [-0.15, -0.1) is 0 Å². The van der Waals surface area contributed by atoms with Crippen molar-refractivity contribution < 1.29 is 4.79 Å². The molecule has 0 radical (unpaired) electrons. The molecule has 2 aromatic rings. The van der Waals surface area contributed by atoms with Crippen LogP contribution in [0.15, 0.2) is 12.1 Å². The number of aryl methyl sites for hydroxylation is 1. The number of carbonyl (C=O) groups excluding carboxylic acids is 1. The third-order valence-corrected chi connectivity index (χ3v) is 4.38. The number of pyridine rings is 1. The standard InChI is InChI=1S/C16H14ClN3O/c1-9-6-15-11(7-14(9)18-3)16(17)12-8-20(10(2)21)5-4-13(12)19-15/h6-7H,4-5,8H2,1-2H3. The topological polar surface area (TPSA) is 37.6 Å². The van der Waals surface area contributed by atoms with E-state index in [0.717, 1.165) is 27.7 Å². The fourth-order valence-corrected chi connectivity index (χ4v) is 3.04. The van der Waals surface area contributed by atoms with Gasteiger partial charge in [-0.1, -0.05) is 11.6 Å². The molecule has 5 heteroatoms. The van der Waals surface area contributed by atoms with Crippen molar-refractivity contribution in [2.45, 2.75) is 26.8 Å². The number of amides is 1. The molecule has 0 N–H and O–H groups in total. The largest absolute Gasteiger partial charge is 0.338 e. The lowest BCUT2D eigenvalue weighted by Gasteiger charge is -2.28. The molecule has 0 fully saturated rings. The molecule has 0 saturated carbocycles. The van der Waals surface area contributed by atoms with Gasteiger partial charge >= 0.3 is 0 Å². The van der Waals surface area contributed by atoms with E-state index < -0.39 is 0 Å². The first-order chi connectivity index (χ1) is 10.0. The minimum atomic E-state index is 0.0440. The summed E-state index contributed by atoms with van der Waals surface area (Å²) in [6.45, 7) is 11.9. The fraction of sp³-hybridized carbons (Fsp3) is 0.312. The van der Waals surface area contributed by atoms with E-state index in [4.69, 9.17) is 18.2 Å². The Morgan fingerprint density at radius 3 is 2.90 bits per heavy atom. The van der Waals surface area contributed by atoms with Crippen molar-refractivity contribution in [3.63, 3.8) is 0 Å². The summed E-state index contributed by atoms with van der Waals surface area (Å²) in [4.78, 5) is 21.5. The zero-order chi connectivity index (χ0) is 15.1. The van der Waals surface area contributed by atoms with Crippen molar-refractivity contribution in [1.82, 2.24) is 9.88 Å². The minimum Gasteiger partial charge on any atom is -0.338 e. The highest BCUT2D eigenvalue weighted by Crippen LogP contribution is 2.35. The zero-order valence-corrected chi connectivity index (χ0v) is 12.7. The zero-order valence-electron chi connectivity index (χ0n) is 11.9. The molecule has 1 aromatic heterocycles. The quantitative estimate of drug-likeness (QED) is 0.696. The van der Waals surface area contributed by atoms with Gasteiger partial charge in [0.05, 0.1) is 17.1 Å². The van der Waals surface area contributed by atoms with E-state index in [1.165, 1.54) is 0 Å². The highest BCUT2D eigenvalue weighted by molar-refractivity contribution is 6.36. The van der Waals surface area contributed by atoms with Crippen molar-refractivity contribution in [3.8, 4) is 0 Å². The second-order valence-electron chi connectivity index (χ2n) is 5.31. The van der Waals surface area contributed by atoms with Gasteiger partial charge in [0.15, 0.2) is 5.69 Å². The number of carbonyl (C=O) groups is 1. The van der Waals surface area contributed by atoms with Crippen LogP contribution in [0.2, 0.25) is 5.02 Å². The monoisotopic (exact) mass is 299 g/mol. The molecule has 1 aliphatic heterocycles. The number of nitrogens with zero attached hydrogens (tertiary/aromatic N) is 3. The van der Waals surface area contributed by atoms with Gasteiger partial charge in [0, 0.05) is 43.1 Å². The molecule has 0 aliphatic carbocycles. The first-order valence-electron chi connectivity index (χ1n) is 6.76. The van der Waals surface area contributed by atoms with Crippen LogP contribution in [0, 0.1) is 13.5 Å². The van der Waals surface area contributed by atoms with E-state index in [2.05, 4.69) is 9.83 Å². The molecule has 1 amide bonds. The molecule has 0 bridgehead atoms. The summed E-state index contributed by atoms with van der Waals surface area (Å²) in [5, 5.41) is 1.41. The molecule has 106 valence electrons. The van der Waals surface area contributed by atoms with Crippen LogP contribution in [0.3, 0.4) is 0 Å². The van der Waals surface area contributed by atoms with E-state index >= 15 is 0 Å². The van der Waals surface area contributed by atoms with Crippen LogP contribution in [-0.2, 0) is 17.8 Å². The predicted molar refractivity (Wildman–Crippen MR) is 82.5 cm³/mol. The van der Waals surface area contributed by atoms with Gasteiger partial charge in [-0.3, -0.25) is 9.78 Å². The number of fused-ring (bicyclic) bond motifs is 2. The lowest BCUT2D eigenvalue weighted by Crippen LogP contribution is -2.34. The Morgan fingerprint density at radius 1 is 1.48 bits per heavy atom. The molecule has 2 heterocycles. The molecule has 1 aliphatic rings. The third-order valence-electron chi connectivity index (χ3n) is 3.95. The molecule has 4 nitrogen and oxygen atoms in total. The van der Waals surface area contributed by atoms with Crippen LogP contribution >= 0.6 is 11.6 Å². The van der Waals surface area contributed by atoms with Crippen molar-refractivity contribution in [1.29, 1.82) is 0 Å². The van der Waals surface area contributed by atoms with Crippen molar-refractivity contribution in [2.75, 3.05) is 6.54 Å². The first kappa shape index (κ1) is 13.8. The van der Waals surface area contributed by atoms with Gasteiger partial charge in [-0.2, -0.15) is 0 Å². The number of rotatable bonds is 0. The number of aromatic nitrogens is 1. The SMILES string of the molecule is [C-]#[N+]c1cc2c(Cl)c3c(nc2cc1C)CCN(C(C)=O)C3. The Morgan fingerprint density at radius 2 is 2.24 bits per heavy atom. The number of halogens is 1. The second kappa shape index (κ2) is 5.01. The van der Waals surface area contributed by atoms with Crippen LogP contribution in [0.5, 0.6) is 0 Å². The van der Waals surface area contributed by atoms with Gasteiger partial charge in [0.1, 0.15) is 0 Å². The first-order valence-corrected chi connectivity index (χ1v) is 7.13. The number of benzene rings is 1. The second-order valence-corrected chi connectivity index (χ2v) is 5.69. The Bertz CT molecular complexity index is 807. The number of hydrogen-bond donors (Lipinski definition) is 0. The molecular formula is C16H14ClN3O. The highest BCUT2D eigenvalue weighted by atomic mass is 35.5. The maximum atomic E-state index is 11.6. The Labute approximate surface area is 128 Å². The van der Waals surface area contributed by atoms with Crippen LogP contribution < -0.4 is 0 Å². The van der Waals surface area contributed by atoms with Gasteiger partial charge in [-0.05, 0) is 24.6 Å². The maximum Gasteiger partial charge on any atom is 0.219 e. The molecule has 0 spiro atoms. The Hall–Kier alpha value is -2.12. The Kier molecular flexibility index (Phi) is 3.30. The van der Waals surface area contributed by atoms with Crippen molar-refractivity contribution >= 4 is 34.1 Å². The normalized spacial score (nSPS) is 13.9. The lowest BCUT2D eigenvalue weighted by atomic mass is 10.0. The molecular weight excluding hydrogens is 286 g/mol. The minimum absolute atomic E-state index is 0.0440. The number of hydrogen-bond acceptors (Lipinski definition) is 2. The summed E-state index contributed by atoms with van der Waals surface area (Å²) in [7, 11) is 0. The highest BCUT2D eigenvalue weighted by Gasteiger charge is 2.23. The summed E-state index contributed by atoms with van der Waals surface area (Å²) in [5.41, 5.74) is 4.18. The van der Waals surface area contributed by atoms with Crippen LogP contribution in [-0.4, -0.2) is 22.3 Å². The van der Waals surface area contributed by atoms with Crippen LogP contribution in [0.1, 0.15) is 23.7 Å². The van der Waals surface area contributed by atoms with E-state index in [9.17, 15) is 4.79 Å². The van der Waals surface area contributed by atoms with Gasteiger partial charge < -0.3 is 4.90 Å². The molecule has 0 atom stereocenters. The molecule has 3 rings (SSSR count). The summed E-state index contributed by atoms with van der Waals surface area (Å²) in [6, 6.07) is 3.70. The molecule has 0 unspecified atom stereocenters. The molecule has 21 heavy (non-hydrogen) atoms. The van der Waals surface area contributed by atoms with E-state index in [-0.39, 0.29) is 5.91 Å². The smallest absolute Gasteiger partial charge is 0.219 e. The van der Waals surface area contributed by atoms with E-state index in [1.54, 1.807) is 17.9 Å². The summed E-state index contributed by atoms with van der Waals surface area (Å²) < 4.78 is 0. The van der Waals surface area contributed by atoms with Gasteiger partial charge in [0.25, 0.3) is 0 Å². The Balaban J connectivity index is 2.22. The van der Waals surface area contributed by atoms with Crippen LogP contribution in [0.4, 0.5) is 5.69 Å². The van der Waals surface area contributed by atoms with E-state index in [0.29, 0.717) is 30.2 Å². The molecule has 1 aromatic carbocycles. The maximum absolute atomic E-state index is 11.6. The van der Waals surface area contributed by atoms with Crippen LogP contribution in [0.25, 0.3) is 15.7 Å². The average Bonchev–Trinajstić information content (AvgIpc) is 2.46. The third kappa shape index (κ3) is 2.24. The van der Waals surface area contributed by atoms with Crippen molar-refractivity contribution in [3.05, 3.63) is 45.4 Å². The summed E-state index contributed by atoms with van der Waals surface area (Å²) in [6.07, 6.45) is 0.716. The van der Waals surface area contributed by atoms with E-state index in [1.807, 2.05) is 13.0 Å². The summed E-state index contributed by atoms with van der Waals surface area (Å²) >= 11 is 6.53.